The molecule has 0 spiro atoms. The molecular formula is C13H22N3O+. The van der Waals surface area contributed by atoms with Gasteiger partial charge < -0.3 is 4.48 Å². The molecule has 4 heteroatoms. The summed E-state index contributed by atoms with van der Waals surface area (Å²) in [6, 6.07) is 0. The lowest BCUT2D eigenvalue weighted by Crippen LogP contribution is -2.36. The first-order valence-corrected chi connectivity index (χ1v) is 6.36. The molecule has 0 fully saturated rings. The average Bonchev–Trinajstić information content (AvgIpc) is 2.68. The largest absolute Gasteiger partial charge is 0.331 e. The fourth-order valence-corrected chi connectivity index (χ4v) is 2.23. The van der Waals surface area contributed by atoms with Crippen molar-refractivity contribution in [2.75, 3.05) is 27.7 Å². The number of Topliss-reactive ketones (excluding diaryl/α,β-unsaturated/α-hetero) is 1. The van der Waals surface area contributed by atoms with E-state index in [9.17, 15) is 4.79 Å². The molecule has 1 aromatic heterocycles. The molecule has 0 atom stereocenters. The predicted molar refractivity (Wildman–Crippen MR) is 67.0 cm³/mol. The number of rotatable bonds is 4. The molecule has 2 rings (SSSR count). The predicted octanol–water partition coefficient (Wildman–Crippen LogP) is 1.50. The normalized spacial score (nSPS) is 15.7. The van der Waals surface area contributed by atoms with Crippen molar-refractivity contribution >= 4 is 5.78 Å². The van der Waals surface area contributed by atoms with Gasteiger partial charge in [-0.2, -0.15) is 5.10 Å². The van der Waals surface area contributed by atoms with Crippen molar-refractivity contribution in [2.45, 2.75) is 32.2 Å². The summed E-state index contributed by atoms with van der Waals surface area (Å²) >= 11 is 0. The number of quaternary nitrogens is 1. The van der Waals surface area contributed by atoms with Gasteiger partial charge in [-0.15, -0.1) is 0 Å². The monoisotopic (exact) mass is 236 g/mol. The van der Waals surface area contributed by atoms with Crippen LogP contribution in [0.4, 0.5) is 0 Å². The summed E-state index contributed by atoms with van der Waals surface area (Å²) in [5.41, 5.74) is 2.01. The van der Waals surface area contributed by atoms with Crippen LogP contribution in [0.1, 0.15) is 35.3 Å². The maximum Gasteiger partial charge on any atom is 0.171 e. The fraction of sp³-hybridized carbons (Fsp3) is 0.692. The third-order valence-electron chi connectivity index (χ3n) is 3.29. The highest BCUT2D eigenvalue weighted by molar-refractivity contribution is 5.97. The summed E-state index contributed by atoms with van der Waals surface area (Å²) in [4.78, 5) is 12.2. The summed E-state index contributed by atoms with van der Waals surface area (Å²) < 4.78 is 2.83. The first kappa shape index (κ1) is 12.3. The Hall–Kier alpha value is -1.16. The molecule has 4 nitrogen and oxygen atoms in total. The molecule has 0 saturated heterocycles. The lowest BCUT2D eigenvalue weighted by Gasteiger charge is -2.23. The Kier molecular flexibility index (Phi) is 3.33. The van der Waals surface area contributed by atoms with Crippen LogP contribution in [0.25, 0.3) is 0 Å². The minimum absolute atomic E-state index is 0.251. The highest BCUT2D eigenvalue weighted by atomic mass is 16.1. The van der Waals surface area contributed by atoms with E-state index in [2.05, 4.69) is 26.2 Å². The van der Waals surface area contributed by atoms with Gasteiger partial charge in [-0.1, -0.05) is 0 Å². The van der Waals surface area contributed by atoms with Crippen molar-refractivity contribution < 1.29 is 9.28 Å². The molecular weight excluding hydrogens is 214 g/mol. The van der Waals surface area contributed by atoms with Gasteiger partial charge >= 0.3 is 0 Å². The van der Waals surface area contributed by atoms with E-state index >= 15 is 0 Å². The van der Waals surface area contributed by atoms with E-state index in [-0.39, 0.29) is 5.78 Å². The maximum absolute atomic E-state index is 12.2. The van der Waals surface area contributed by atoms with E-state index in [0.29, 0.717) is 6.42 Å². The zero-order valence-electron chi connectivity index (χ0n) is 11.1. The third kappa shape index (κ3) is 2.94. The number of aromatic nitrogens is 2. The minimum Gasteiger partial charge on any atom is -0.331 e. The highest BCUT2D eigenvalue weighted by Crippen LogP contribution is 2.19. The van der Waals surface area contributed by atoms with Crippen molar-refractivity contribution in [1.29, 1.82) is 0 Å². The van der Waals surface area contributed by atoms with E-state index < -0.39 is 0 Å². The van der Waals surface area contributed by atoms with Crippen molar-refractivity contribution in [1.82, 2.24) is 9.78 Å². The Morgan fingerprint density at radius 1 is 1.41 bits per heavy atom. The first-order valence-electron chi connectivity index (χ1n) is 6.36. The van der Waals surface area contributed by atoms with Gasteiger partial charge in [-0.05, 0) is 19.3 Å². The van der Waals surface area contributed by atoms with Gasteiger partial charge in [-0.3, -0.25) is 9.48 Å². The quantitative estimate of drug-likeness (QED) is 0.586. The number of carbonyl (C=O) groups excluding carboxylic acids is 1. The van der Waals surface area contributed by atoms with Crippen LogP contribution in [-0.2, 0) is 13.0 Å². The van der Waals surface area contributed by atoms with Crippen molar-refractivity contribution in [3.8, 4) is 0 Å². The molecule has 94 valence electrons. The number of carbonyl (C=O) groups is 1. The molecule has 0 aromatic carbocycles. The Morgan fingerprint density at radius 2 is 2.18 bits per heavy atom. The molecule has 0 saturated carbocycles. The van der Waals surface area contributed by atoms with Gasteiger partial charge in [-0.25, -0.2) is 0 Å². The fourth-order valence-electron chi connectivity index (χ4n) is 2.23. The van der Waals surface area contributed by atoms with Crippen LogP contribution in [0.3, 0.4) is 0 Å². The molecule has 0 bridgehead atoms. The second kappa shape index (κ2) is 4.61. The van der Waals surface area contributed by atoms with Crippen molar-refractivity contribution in [3.05, 3.63) is 17.5 Å². The summed E-state index contributed by atoms with van der Waals surface area (Å²) in [7, 11) is 6.34. The molecule has 0 N–H and O–H groups in total. The molecule has 1 aliphatic heterocycles. The number of hydrogen-bond acceptors (Lipinski definition) is 2. The zero-order valence-corrected chi connectivity index (χ0v) is 11.1. The van der Waals surface area contributed by atoms with Gasteiger partial charge in [0.15, 0.2) is 5.78 Å². The summed E-state index contributed by atoms with van der Waals surface area (Å²) in [5.74, 6) is 0.251. The number of fused-ring (bicyclic) bond motifs is 1. The maximum atomic E-state index is 12.2. The Bertz CT molecular complexity index is 415. The minimum atomic E-state index is 0.251. The van der Waals surface area contributed by atoms with E-state index in [1.54, 1.807) is 6.20 Å². The molecule has 0 amide bonds. The van der Waals surface area contributed by atoms with E-state index in [0.717, 1.165) is 35.3 Å². The third-order valence-corrected chi connectivity index (χ3v) is 3.29. The number of aryl methyl sites for hydroxylation is 1. The van der Waals surface area contributed by atoms with E-state index in [1.165, 1.54) is 12.8 Å². The van der Waals surface area contributed by atoms with Crippen molar-refractivity contribution in [2.24, 2.45) is 0 Å². The molecule has 0 radical (unpaired) electrons. The van der Waals surface area contributed by atoms with Crippen LogP contribution < -0.4 is 0 Å². The molecule has 17 heavy (non-hydrogen) atoms. The smallest absolute Gasteiger partial charge is 0.171 e. The first-order chi connectivity index (χ1) is 7.97. The van der Waals surface area contributed by atoms with Crippen LogP contribution in [0.15, 0.2) is 6.20 Å². The van der Waals surface area contributed by atoms with Gasteiger partial charge in [0, 0.05) is 12.2 Å². The lowest BCUT2D eigenvalue weighted by molar-refractivity contribution is -0.869. The van der Waals surface area contributed by atoms with Gasteiger partial charge in [0.25, 0.3) is 0 Å². The number of nitrogens with zero attached hydrogens (tertiary/aromatic N) is 3. The molecule has 0 unspecified atom stereocenters. The number of ketones is 1. The molecule has 1 aliphatic rings. The second-order valence-corrected chi connectivity index (χ2v) is 5.87. The van der Waals surface area contributed by atoms with Crippen LogP contribution in [0.2, 0.25) is 0 Å². The highest BCUT2D eigenvalue weighted by Gasteiger charge is 2.21. The van der Waals surface area contributed by atoms with E-state index in [1.807, 2.05) is 4.68 Å². The van der Waals surface area contributed by atoms with Gasteiger partial charge in [0.2, 0.25) is 0 Å². The van der Waals surface area contributed by atoms with Crippen LogP contribution >= 0.6 is 0 Å². The van der Waals surface area contributed by atoms with Crippen molar-refractivity contribution in [3.63, 3.8) is 0 Å². The second-order valence-electron chi connectivity index (χ2n) is 5.87. The topological polar surface area (TPSA) is 34.9 Å². The van der Waals surface area contributed by atoms with Gasteiger partial charge in [0.1, 0.15) is 0 Å². The van der Waals surface area contributed by atoms with Crippen LogP contribution in [0, 0.1) is 0 Å². The summed E-state index contributed by atoms with van der Waals surface area (Å²) in [6.45, 7) is 1.85. The molecule has 2 heterocycles. The number of hydrogen-bond donors (Lipinski definition) is 0. The Balaban J connectivity index is 2.07. The van der Waals surface area contributed by atoms with Gasteiger partial charge in [0.05, 0.1) is 45.9 Å². The standard InChI is InChI=1S/C13H22N3O/c1-16(2,3)9-7-13(17)11-10-14-15-8-5-4-6-12(11)15/h10H,4-9H2,1-3H3/q+1. The SMILES string of the molecule is C[N+](C)(C)CCC(=O)c1cnn2c1CCCC2. The summed E-state index contributed by atoms with van der Waals surface area (Å²) in [6.07, 6.45) is 5.74. The lowest BCUT2D eigenvalue weighted by atomic mass is 10.0. The molecule has 0 aliphatic carbocycles. The van der Waals surface area contributed by atoms with Crippen LogP contribution in [-0.4, -0.2) is 47.7 Å². The summed E-state index contributed by atoms with van der Waals surface area (Å²) in [5, 5.41) is 4.31. The molecule has 1 aromatic rings. The zero-order chi connectivity index (χ0) is 12.5. The Labute approximate surface area is 103 Å². The van der Waals surface area contributed by atoms with Crippen LogP contribution in [0.5, 0.6) is 0 Å². The average molecular weight is 236 g/mol. The Morgan fingerprint density at radius 3 is 2.88 bits per heavy atom. The van der Waals surface area contributed by atoms with E-state index in [4.69, 9.17) is 0 Å².